The van der Waals surface area contributed by atoms with E-state index >= 15 is 0 Å². The van der Waals surface area contributed by atoms with Crippen molar-refractivity contribution in [3.8, 4) is 0 Å². The van der Waals surface area contributed by atoms with E-state index in [1.165, 1.54) is 25.7 Å². The second kappa shape index (κ2) is 8.51. The zero-order chi connectivity index (χ0) is 9.23. The van der Waals surface area contributed by atoms with Gasteiger partial charge in [-0.1, -0.05) is 38.7 Å². The molecule has 0 heterocycles. The minimum atomic E-state index is 0.222. The molecular weight excluding hydrogens is 148 g/mol. The van der Waals surface area contributed by atoms with Gasteiger partial charge < -0.3 is 4.79 Å². The molecular formula is C11H20O. The lowest BCUT2D eigenvalue weighted by Crippen LogP contribution is -1.99. The number of rotatable bonds is 8. The van der Waals surface area contributed by atoms with Crippen LogP contribution < -0.4 is 0 Å². The van der Waals surface area contributed by atoms with Gasteiger partial charge in [0, 0.05) is 5.92 Å². The zero-order valence-corrected chi connectivity index (χ0v) is 8.09. The van der Waals surface area contributed by atoms with E-state index < -0.39 is 0 Å². The standard InChI is InChI=1S/C11H20O/c1-3-5-6-7-9-11(10-12)8-4-2/h4,10-11H,2-3,5-9H2,1H3/t11-/m0/s1. The Kier molecular flexibility index (Phi) is 8.09. The van der Waals surface area contributed by atoms with Crippen molar-refractivity contribution in [2.45, 2.75) is 45.4 Å². The van der Waals surface area contributed by atoms with Crippen molar-refractivity contribution >= 4 is 6.29 Å². The van der Waals surface area contributed by atoms with Gasteiger partial charge in [0.2, 0.25) is 0 Å². The summed E-state index contributed by atoms with van der Waals surface area (Å²) in [6.45, 7) is 5.83. The first-order valence-electron chi connectivity index (χ1n) is 4.91. The molecule has 1 heteroatoms. The van der Waals surface area contributed by atoms with Gasteiger partial charge in [0.05, 0.1) is 0 Å². The summed E-state index contributed by atoms with van der Waals surface area (Å²) < 4.78 is 0. The van der Waals surface area contributed by atoms with Gasteiger partial charge in [-0.2, -0.15) is 0 Å². The van der Waals surface area contributed by atoms with E-state index in [1.54, 1.807) is 0 Å². The van der Waals surface area contributed by atoms with Crippen molar-refractivity contribution in [3.05, 3.63) is 12.7 Å². The highest BCUT2D eigenvalue weighted by molar-refractivity contribution is 5.53. The quantitative estimate of drug-likeness (QED) is 0.308. The number of allylic oxidation sites excluding steroid dienone is 1. The minimum absolute atomic E-state index is 0.222. The first kappa shape index (κ1) is 11.4. The lowest BCUT2D eigenvalue weighted by atomic mass is 9.99. The summed E-state index contributed by atoms with van der Waals surface area (Å²) in [4.78, 5) is 10.5. The molecule has 1 atom stereocenters. The zero-order valence-electron chi connectivity index (χ0n) is 8.09. The van der Waals surface area contributed by atoms with Crippen LogP contribution >= 0.6 is 0 Å². The average molecular weight is 168 g/mol. The molecule has 0 aromatic rings. The van der Waals surface area contributed by atoms with Crippen LogP contribution in [0.1, 0.15) is 45.4 Å². The highest BCUT2D eigenvalue weighted by Gasteiger charge is 2.03. The first-order valence-corrected chi connectivity index (χ1v) is 4.91. The Balaban J connectivity index is 3.31. The van der Waals surface area contributed by atoms with Gasteiger partial charge in [-0.25, -0.2) is 0 Å². The van der Waals surface area contributed by atoms with Crippen LogP contribution in [-0.2, 0) is 4.79 Å². The highest BCUT2D eigenvalue weighted by atomic mass is 16.1. The molecule has 0 unspecified atom stereocenters. The van der Waals surface area contributed by atoms with E-state index in [0.717, 1.165) is 19.1 Å². The third-order valence-electron chi connectivity index (χ3n) is 2.09. The third-order valence-corrected chi connectivity index (χ3v) is 2.09. The maximum absolute atomic E-state index is 10.5. The van der Waals surface area contributed by atoms with Crippen LogP contribution in [0.15, 0.2) is 12.7 Å². The molecule has 0 amide bonds. The second-order valence-electron chi connectivity index (χ2n) is 3.27. The molecule has 0 bridgehead atoms. The number of hydrogen-bond donors (Lipinski definition) is 0. The summed E-state index contributed by atoms with van der Waals surface area (Å²) in [7, 11) is 0. The average Bonchev–Trinajstić information content (AvgIpc) is 2.10. The summed E-state index contributed by atoms with van der Waals surface area (Å²) in [6, 6.07) is 0. The molecule has 0 radical (unpaired) electrons. The van der Waals surface area contributed by atoms with Crippen LogP contribution in [0.25, 0.3) is 0 Å². The summed E-state index contributed by atoms with van der Waals surface area (Å²) in [5.41, 5.74) is 0. The Morgan fingerprint density at radius 2 is 2.08 bits per heavy atom. The molecule has 1 nitrogen and oxygen atoms in total. The monoisotopic (exact) mass is 168 g/mol. The molecule has 0 rings (SSSR count). The van der Waals surface area contributed by atoms with E-state index in [2.05, 4.69) is 13.5 Å². The number of carbonyl (C=O) groups excluding carboxylic acids is 1. The predicted molar refractivity (Wildman–Crippen MR) is 53.1 cm³/mol. The maximum Gasteiger partial charge on any atom is 0.123 e. The van der Waals surface area contributed by atoms with Crippen LogP contribution in [0.3, 0.4) is 0 Å². The number of unbranched alkanes of at least 4 members (excludes halogenated alkanes) is 3. The van der Waals surface area contributed by atoms with E-state index in [4.69, 9.17) is 0 Å². The molecule has 12 heavy (non-hydrogen) atoms. The first-order chi connectivity index (χ1) is 5.85. The van der Waals surface area contributed by atoms with Crippen LogP contribution in [0, 0.1) is 5.92 Å². The summed E-state index contributed by atoms with van der Waals surface area (Å²) in [5, 5.41) is 0. The lowest BCUT2D eigenvalue weighted by molar-refractivity contribution is -0.111. The number of carbonyl (C=O) groups is 1. The normalized spacial score (nSPS) is 12.4. The van der Waals surface area contributed by atoms with Gasteiger partial charge in [0.15, 0.2) is 0 Å². The molecule has 0 aliphatic carbocycles. The fourth-order valence-electron chi connectivity index (χ4n) is 1.29. The van der Waals surface area contributed by atoms with Gasteiger partial charge in [-0.15, -0.1) is 6.58 Å². The lowest BCUT2D eigenvalue weighted by Gasteiger charge is -2.05. The van der Waals surface area contributed by atoms with Gasteiger partial charge in [-0.05, 0) is 12.8 Å². The predicted octanol–water partition coefficient (Wildman–Crippen LogP) is 3.35. The van der Waals surface area contributed by atoms with Crippen LogP contribution in [0.2, 0.25) is 0 Å². The molecule has 0 aliphatic rings. The van der Waals surface area contributed by atoms with Crippen molar-refractivity contribution in [2.24, 2.45) is 5.92 Å². The van der Waals surface area contributed by atoms with Crippen molar-refractivity contribution in [3.63, 3.8) is 0 Å². The van der Waals surface area contributed by atoms with Crippen molar-refractivity contribution in [2.75, 3.05) is 0 Å². The van der Waals surface area contributed by atoms with Gasteiger partial charge in [-0.3, -0.25) is 0 Å². The van der Waals surface area contributed by atoms with Gasteiger partial charge in [0.25, 0.3) is 0 Å². The third kappa shape index (κ3) is 6.14. The van der Waals surface area contributed by atoms with Gasteiger partial charge in [0.1, 0.15) is 6.29 Å². The smallest absolute Gasteiger partial charge is 0.123 e. The van der Waals surface area contributed by atoms with Crippen LogP contribution in [-0.4, -0.2) is 6.29 Å². The Hall–Kier alpha value is -0.590. The maximum atomic E-state index is 10.5. The topological polar surface area (TPSA) is 17.1 Å². The SMILES string of the molecule is C=CC[C@H](C=O)CCCCCC. The fourth-order valence-corrected chi connectivity index (χ4v) is 1.29. The molecule has 0 saturated heterocycles. The van der Waals surface area contributed by atoms with Gasteiger partial charge >= 0.3 is 0 Å². The summed E-state index contributed by atoms with van der Waals surface area (Å²) in [5.74, 6) is 0.222. The molecule has 0 spiro atoms. The Labute approximate surface area is 75.9 Å². The molecule has 0 aromatic carbocycles. The minimum Gasteiger partial charge on any atom is -0.303 e. The van der Waals surface area contributed by atoms with E-state index in [0.29, 0.717) is 0 Å². The number of hydrogen-bond acceptors (Lipinski definition) is 1. The van der Waals surface area contributed by atoms with Crippen molar-refractivity contribution < 1.29 is 4.79 Å². The van der Waals surface area contributed by atoms with Crippen molar-refractivity contribution in [1.82, 2.24) is 0 Å². The Morgan fingerprint density at radius 1 is 1.33 bits per heavy atom. The summed E-state index contributed by atoms with van der Waals surface area (Å²) in [6.07, 6.45) is 9.77. The largest absolute Gasteiger partial charge is 0.303 e. The van der Waals surface area contributed by atoms with Crippen LogP contribution in [0.5, 0.6) is 0 Å². The Morgan fingerprint density at radius 3 is 2.58 bits per heavy atom. The molecule has 0 N–H and O–H groups in total. The molecule has 0 saturated carbocycles. The Bertz CT molecular complexity index is 118. The molecule has 0 aromatic heterocycles. The molecule has 70 valence electrons. The summed E-state index contributed by atoms with van der Waals surface area (Å²) >= 11 is 0. The van der Waals surface area contributed by atoms with Crippen LogP contribution in [0.4, 0.5) is 0 Å². The molecule has 0 fully saturated rings. The highest BCUT2D eigenvalue weighted by Crippen LogP contribution is 2.12. The fraction of sp³-hybridized carbons (Fsp3) is 0.727. The second-order valence-corrected chi connectivity index (χ2v) is 3.27. The van der Waals surface area contributed by atoms with Crippen molar-refractivity contribution in [1.29, 1.82) is 0 Å². The van der Waals surface area contributed by atoms with E-state index in [9.17, 15) is 4.79 Å². The molecule has 0 aliphatic heterocycles. The van der Waals surface area contributed by atoms with E-state index in [1.807, 2.05) is 6.08 Å². The van der Waals surface area contributed by atoms with E-state index in [-0.39, 0.29) is 5.92 Å². The number of aldehydes is 1.